The van der Waals surface area contributed by atoms with Crippen LogP contribution in [0.4, 0.5) is 0 Å². The third-order valence-corrected chi connectivity index (χ3v) is 3.38. The van der Waals surface area contributed by atoms with Gasteiger partial charge in [-0.15, -0.1) is 0 Å². The summed E-state index contributed by atoms with van der Waals surface area (Å²) in [7, 11) is 0. The second kappa shape index (κ2) is 8.11. The van der Waals surface area contributed by atoms with Crippen LogP contribution in [0.3, 0.4) is 0 Å². The van der Waals surface area contributed by atoms with Crippen molar-refractivity contribution >= 4 is 17.5 Å². The lowest BCUT2D eigenvalue weighted by Gasteiger charge is -2.14. The molecule has 1 atom stereocenters. The number of benzene rings is 1. The number of aliphatic hydroxyl groups excluding tert-OH is 1. The molecule has 1 aromatic carbocycles. The van der Waals surface area contributed by atoms with Gasteiger partial charge in [0.2, 0.25) is 5.91 Å². The SMILES string of the molecule is CCC(CCO)CNC(=O)Cc1ccccc1Cl. The Morgan fingerprint density at radius 2 is 2.17 bits per heavy atom. The van der Waals surface area contributed by atoms with Crippen LogP contribution in [0.2, 0.25) is 5.02 Å². The number of carbonyl (C=O) groups excluding carboxylic acids is 1. The predicted octanol–water partition coefficient (Wildman–Crippen LogP) is 2.41. The highest BCUT2D eigenvalue weighted by Crippen LogP contribution is 2.15. The Hall–Kier alpha value is -1.06. The van der Waals surface area contributed by atoms with Gasteiger partial charge in [0.25, 0.3) is 0 Å². The first kappa shape index (κ1) is 15.0. The Bertz CT molecular complexity index is 382. The van der Waals surface area contributed by atoms with Crippen molar-refractivity contribution < 1.29 is 9.90 Å². The number of halogens is 1. The summed E-state index contributed by atoms with van der Waals surface area (Å²) in [6.45, 7) is 2.83. The second-order valence-corrected chi connectivity index (χ2v) is 4.77. The lowest BCUT2D eigenvalue weighted by Crippen LogP contribution is -2.30. The monoisotopic (exact) mass is 269 g/mol. The van der Waals surface area contributed by atoms with Gasteiger partial charge in [-0.2, -0.15) is 0 Å². The van der Waals surface area contributed by atoms with Crippen LogP contribution in [0, 0.1) is 5.92 Å². The van der Waals surface area contributed by atoms with E-state index in [0.29, 0.717) is 23.9 Å². The summed E-state index contributed by atoms with van der Waals surface area (Å²) in [5, 5.41) is 12.4. The molecular formula is C14H20ClNO2. The second-order valence-electron chi connectivity index (χ2n) is 4.36. The van der Waals surface area contributed by atoms with Crippen molar-refractivity contribution in [1.82, 2.24) is 5.32 Å². The molecule has 0 saturated carbocycles. The van der Waals surface area contributed by atoms with Crippen LogP contribution in [0.5, 0.6) is 0 Å². The maximum absolute atomic E-state index is 11.8. The summed E-state index contributed by atoms with van der Waals surface area (Å²) in [6, 6.07) is 7.35. The number of nitrogens with one attached hydrogen (secondary N) is 1. The van der Waals surface area contributed by atoms with Crippen molar-refractivity contribution in [1.29, 1.82) is 0 Å². The third-order valence-electron chi connectivity index (χ3n) is 3.01. The number of hydrogen-bond acceptors (Lipinski definition) is 2. The van der Waals surface area contributed by atoms with Crippen molar-refractivity contribution in [3.8, 4) is 0 Å². The van der Waals surface area contributed by atoms with Gasteiger partial charge in [-0.3, -0.25) is 4.79 Å². The molecule has 2 N–H and O–H groups in total. The summed E-state index contributed by atoms with van der Waals surface area (Å²) in [6.07, 6.45) is 1.98. The Kier molecular flexibility index (Phi) is 6.76. The molecule has 0 radical (unpaired) electrons. The molecule has 0 spiro atoms. The van der Waals surface area contributed by atoms with Gasteiger partial charge < -0.3 is 10.4 Å². The first-order chi connectivity index (χ1) is 8.67. The van der Waals surface area contributed by atoms with E-state index in [1.807, 2.05) is 18.2 Å². The van der Waals surface area contributed by atoms with E-state index in [4.69, 9.17) is 16.7 Å². The molecule has 100 valence electrons. The number of amides is 1. The van der Waals surface area contributed by atoms with Crippen molar-refractivity contribution in [2.75, 3.05) is 13.2 Å². The van der Waals surface area contributed by atoms with E-state index in [-0.39, 0.29) is 12.5 Å². The Morgan fingerprint density at radius 3 is 2.78 bits per heavy atom. The average molecular weight is 270 g/mol. The maximum atomic E-state index is 11.8. The van der Waals surface area contributed by atoms with Gasteiger partial charge in [-0.05, 0) is 24.0 Å². The highest BCUT2D eigenvalue weighted by molar-refractivity contribution is 6.31. The molecular weight excluding hydrogens is 250 g/mol. The lowest BCUT2D eigenvalue weighted by molar-refractivity contribution is -0.120. The normalized spacial score (nSPS) is 12.2. The van der Waals surface area contributed by atoms with Gasteiger partial charge in [-0.25, -0.2) is 0 Å². The summed E-state index contributed by atoms with van der Waals surface area (Å²) < 4.78 is 0. The molecule has 1 amide bonds. The van der Waals surface area contributed by atoms with Crippen LogP contribution in [0.25, 0.3) is 0 Å². The molecule has 18 heavy (non-hydrogen) atoms. The maximum Gasteiger partial charge on any atom is 0.224 e. The van der Waals surface area contributed by atoms with Crippen molar-refractivity contribution in [2.45, 2.75) is 26.2 Å². The van der Waals surface area contributed by atoms with Gasteiger partial charge in [-0.1, -0.05) is 43.1 Å². The van der Waals surface area contributed by atoms with Crippen LogP contribution >= 0.6 is 11.6 Å². The molecule has 3 nitrogen and oxygen atoms in total. The highest BCUT2D eigenvalue weighted by atomic mass is 35.5. The van der Waals surface area contributed by atoms with Gasteiger partial charge >= 0.3 is 0 Å². The topological polar surface area (TPSA) is 49.3 Å². The number of aliphatic hydroxyl groups is 1. The number of rotatable bonds is 7. The Labute approximate surface area is 113 Å². The van der Waals surface area contributed by atoms with Crippen molar-refractivity contribution in [2.24, 2.45) is 5.92 Å². The first-order valence-electron chi connectivity index (χ1n) is 6.28. The molecule has 0 saturated heterocycles. The minimum atomic E-state index is -0.0283. The van der Waals surface area contributed by atoms with E-state index >= 15 is 0 Å². The molecule has 1 aromatic rings. The highest BCUT2D eigenvalue weighted by Gasteiger charge is 2.09. The summed E-state index contributed by atoms with van der Waals surface area (Å²) in [5.74, 6) is 0.310. The molecule has 4 heteroatoms. The summed E-state index contributed by atoms with van der Waals surface area (Å²) in [4.78, 5) is 11.8. The van der Waals surface area contributed by atoms with E-state index in [9.17, 15) is 4.79 Å². The van der Waals surface area contributed by atoms with Crippen LogP contribution < -0.4 is 5.32 Å². The lowest BCUT2D eigenvalue weighted by atomic mass is 10.0. The molecule has 0 heterocycles. The number of carbonyl (C=O) groups is 1. The largest absolute Gasteiger partial charge is 0.396 e. The molecule has 0 aromatic heterocycles. The van der Waals surface area contributed by atoms with Gasteiger partial charge in [0.05, 0.1) is 6.42 Å². The molecule has 1 unspecified atom stereocenters. The zero-order valence-electron chi connectivity index (χ0n) is 10.7. The summed E-state index contributed by atoms with van der Waals surface area (Å²) in [5.41, 5.74) is 0.840. The van der Waals surface area contributed by atoms with E-state index in [1.54, 1.807) is 6.07 Å². The third kappa shape index (κ3) is 5.07. The minimum Gasteiger partial charge on any atom is -0.396 e. The smallest absolute Gasteiger partial charge is 0.224 e. The fourth-order valence-corrected chi connectivity index (χ4v) is 1.97. The Balaban J connectivity index is 2.40. The predicted molar refractivity (Wildman–Crippen MR) is 73.6 cm³/mol. The van der Waals surface area contributed by atoms with Crippen LogP contribution in [-0.4, -0.2) is 24.2 Å². The quantitative estimate of drug-likeness (QED) is 0.799. The summed E-state index contributed by atoms with van der Waals surface area (Å²) >= 11 is 5.99. The van der Waals surface area contributed by atoms with Gasteiger partial charge in [0.1, 0.15) is 0 Å². The van der Waals surface area contributed by atoms with E-state index in [2.05, 4.69) is 12.2 Å². The molecule has 1 rings (SSSR count). The van der Waals surface area contributed by atoms with Crippen LogP contribution in [-0.2, 0) is 11.2 Å². The van der Waals surface area contributed by atoms with E-state index in [1.165, 1.54) is 0 Å². The van der Waals surface area contributed by atoms with Gasteiger partial charge in [0, 0.05) is 18.2 Å². The van der Waals surface area contributed by atoms with Crippen LogP contribution in [0.15, 0.2) is 24.3 Å². The molecule has 0 aliphatic carbocycles. The van der Waals surface area contributed by atoms with E-state index < -0.39 is 0 Å². The standard InChI is InChI=1S/C14H20ClNO2/c1-2-11(7-8-17)10-16-14(18)9-12-5-3-4-6-13(12)15/h3-6,11,17H,2,7-10H2,1H3,(H,16,18). The zero-order valence-corrected chi connectivity index (χ0v) is 11.4. The zero-order chi connectivity index (χ0) is 13.4. The minimum absolute atomic E-state index is 0.0283. The average Bonchev–Trinajstić information content (AvgIpc) is 2.37. The fraction of sp³-hybridized carbons (Fsp3) is 0.500. The van der Waals surface area contributed by atoms with Crippen LogP contribution in [0.1, 0.15) is 25.3 Å². The first-order valence-corrected chi connectivity index (χ1v) is 6.66. The van der Waals surface area contributed by atoms with E-state index in [0.717, 1.165) is 18.4 Å². The molecule has 0 bridgehead atoms. The molecule has 0 aliphatic rings. The fourth-order valence-electron chi connectivity index (χ4n) is 1.77. The van der Waals surface area contributed by atoms with Crippen molar-refractivity contribution in [3.05, 3.63) is 34.9 Å². The Morgan fingerprint density at radius 1 is 1.44 bits per heavy atom. The van der Waals surface area contributed by atoms with Gasteiger partial charge in [0.15, 0.2) is 0 Å². The molecule has 0 aliphatic heterocycles. The number of hydrogen-bond donors (Lipinski definition) is 2. The van der Waals surface area contributed by atoms with Crippen molar-refractivity contribution in [3.63, 3.8) is 0 Å². The molecule has 0 fully saturated rings.